The van der Waals surface area contributed by atoms with Crippen LogP contribution in [0.1, 0.15) is 17.5 Å². The molecule has 4 nitrogen and oxygen atoms in total. The Balaban J connectivity index is 1.83. The van der Waals surface area contributed by atoms with Gasteiger partial charge < -0.3 is 5.11 Å². The minimum Gasteiger partial charge on any atom is -0.477 e. The summed E-state index contributed by atoms with van der Waals surface area (Å²) in [7, 11) is 0. The Hall–Kier alpha value is -2.76. The fourth-order valence-electron chi connectivity index (χ4n) is 3.35. The number of halogens is 3. The SMILES string of the molecule is O=C(O)C1=NCC2CC(c3ccc(Cl)c(Cl)c3)=CC(c3ccc(F)cc3)=NC2=C1. The Morgan fingerprint density at radius 2 is 1.76 bits per heavy atom. The third-order valence-corrected chi connectivity index (χ3v) is 5.60. The highest BCUT2D eigenvalue weighted by molar-refractivity contribution is 6.42. The molecule has 0 radical (unpaired) electrons. The molecule has 1 atom stereocenters. The summed E-state index contributed by atoms with van der Waals surface area (Å²) in [6, 6.07) is 11.4. The monoisotopic (exact) mass is 428 g/mol. The molecule has 7 heteroatoms. The van der Waals surface area contributed by atoms with Gasteiger partial charge in [-0.3, -0.25) is 9.98 Å². The number of fused-ring (bicyclic) bond motifs is 1. The van der Waals surface area contributed by atoms with Crippen LogP contribution in [0.15, 0.2) is 70.3 Å². The van der Waals surface area contributed by atoms with Gasteiger partial charge in [0.15, 0.2) is 0 Å². The lowest BCUT2D eigenvalue weighted by molar-refractivity contribution is -0.129. The van der Waals surface area contributed by atoms with E-state index in [2.05, 4.69) is 4.99 Å². The summed E-state index contributed by atoms with van der Waals surface area (Å²) in [6.07, 6.45) is 4.03. The molecule has 0 spiro atoms. The zero-order valence-corrected chi connectivity index (χ0v) is 16.6. The number of hydrogen-bond acceptors (Lipinski definition) is 3. The van der Waals surface area contributed by atoms with Gasteiger partial charge in [-0.05, 0) is 66.1 Å². The van der Waals surface area contributed by atoms with Crippen LogP contribution in [0.3, 0.4) is 0 Å². The predicted octanol–water partition coefficient (Wildman–Crippen LogP) is 5.45. The van der Waals surface area contributed by atoms with Gasteiger partial charge in [0.05, 0.1) is 15.8 Å². The summed E-state index contributed by atoms with van der Waals surface area (Å²) in [5.41, 5.74) is 3.83. The second-order valence-electron chi connectivity index (χ2n) is 6.80. The molecule has 0 aliphatic carbocycles. The third kappa shape index (κ3) is 4.16. The molecule has 0 amide bonds. The van der Waals surface area contributed by atoms with Crippen molar-refractivity contribution in [2.45, 2.75) is 6.42 Å². The standard InChI is InChI=1S/C22H15Cl2FN2O2/c23-17-6-3-13(8-18(17)24)14-7-15-11-26-21(22(28)29)10-20(15)27-19(9-14)12-1-4-16(25)5-2-12/h1-6,8-10,15H,7,11H2,(H,28,29). The maximum Gasteiger partial charge on any atom is 0.354 e. The van der Waals surface area contributed by atoms with Crippen LogP contribution >= 0.6 is 23.2 Å². The lowest BCUT2D eigenvalue weighted by Gasteiger charge is -2.19. The lowest BCUT2D eigenvalue weighted by atomic mass is 9.90. The van der Waals surface area contributed by atoms with E-state index < -0.39 is 5.97 Å². The number of allylic oxidation sites excluding steroid dienone is 2. The molecule has 4 rings (SSSR count). The quantitative estimate of drug-likeness (QED) is 0.706. The molecule has 1 N–H and O–H groups in total. The number of aliphatic imine (C=N–C) groups is 2. The maximum atomic E-state index is 13.4. The second-order valence-corrected chi connectivity index (χ2v) is 7.62. The van der Waals surface area contributed by atoms with Gasteiger partial charge in [-0.25, -0.2) is 9.18 Å². The number of carbonyl (C=O) groups is 1. The maximum absolute atomic E-state index is 13.4. The van der Waals surface area contributed by atoms with E-state index in [9.17, 15) is 14.3 Å². The van der Waals surface area contributed by atoms with Crippen LogP contribution < -0.4 is 0 Å². The minimum absolute atomic E-state index is 0.0172. The summed E-state index contributed by atoms with van der Waals surface area (Å²) in [4.78, 5) is 20.2. The first kappa shape index (κ1) is 19.6. The number of benzene rings is 2. The third-order valence-electron chi connectivity index (χ3n) is 4.86. The summed E-state index contributed by atoms with van der Waals surface area (Å²) in [5, 5.41) is 10.2. The molecule has 29 heavy (non-hydrogen) atoms. The summed E-state index contributed by atoms with van der Waals surface area (Å²) in [6.45, 7) is 0.326. The van der Waals surface area contributed by atoms with Crippen molar-refractivity contribution in [3.63, 3.8) is 0 Å². The molecule has 0 saturated heterocycles. The van der Waals surface area contributed by atoms with E-state index in [1.807, 2.05) is 12.1 Å². The molecule has 1 unspecified atom stereocenters. The van der Waals surface area contributed by atoms with E-state index in [-0.39, 0.29) is 17.4 Å². The Morgan fingerprint density at radius 1 is 1.03 bits per heavy atom. The van der Waals surface area contributed by atoms with Crippen LogP contribution in [-0.4, -0.2) is 29.0 Å². The van der Waals surface area contributed by atoms with Crippen molar-refractivity contribution in [2.75, 3.05) is 6.54 Å². The predicted molar refractivity (Wildman–Crippen MR) is 114 cm³/mol. The van der Waals surface area contributed by atoms with Gasteiger partial charge in [-0.1, -0.05) is 29.3 Å². The number of carboxylic acid groups (broad SMARTS) is 1. The van der Waals surface area contributed by atoms with Gasteiger partial charge in [-0.15, -0.1) is 0 Å². The molecule has 2 aromatic rings. The highest BCUT2D eigenvalue weighted by Crippen LogP contribution is 2.35. The van der Waals surface area contributed by atoms with Crippen molar-refractivity contribution >= 4 is 46.2 Å². The smallest absolute Gasteiger partial charge is 0.354 e. The van der Waals surface area contributed by atoms with Gasteiger partial charge in [0.2, 0.25) is 0 Å². The van der Waals surface area contributed by atoms with Crippen molar-refractivity contribution in [3.05, 3.63) is 87.3 Å². The molecular weight excluding hydrogens is 414 g/mol. The van der Waals surface area contributed by atoms with E-state index >= 15 is 0 Å². The fraction of sp³-hybridized carbons (Fsp3) is 0.136. The molecule has 2 aliphatic heterocycles. The lowest BCUT2D eigenvalue weighted by Crippen LogP contribution is -2.20. The highest BCUT2D eigenvalue weighted by atomic mass is 35.5. The second kappa shape index (κ2) is 7.93. The van der Waals surface area contributed by atoms with Crippen molar-refractivity contribution in [1.29, 1.82) is 0 Å². The van der Waals surface area contributed by atoms with Gasteiger partial charge in [0, 0.05) is 23.7 Å². The molecule has 2 aromatic carbocycles. The largest absolute Gasteiger partial charge is 0.477 e. The molecule has 2 aliphatic rings. The minimum atomic E-state index is -1.09. The van der Waals surface area contributed by atoms with Crippen LogP contribution in [0.5, 0.6) is 0 Å². The van der Waals surface area contributed by atoms with Crippen LogP contribution in [-0.2, 0) is 4.79 Å². The molecular formula is C22H15Cl2FN2O2. The van der Waals surface area contributed by atoms with Gasteiger partial charge in [0.25, 0.3) is 0 Å². The van der Waals surface area contributed by atoms with E-state index in [0.717, 1.165) is 16.7 Å². The van der Waals surface area contributed by atoms with Crippen LogP contribution in [0, 0.1) is 11.7 Å². The van der Waals surface area contributed by atoms with Crippen LogP contribution in [0.2, 0.25) is 10.0 Å². The van der Waals surface area contributed by atoms with Crippen molar-refractivity contribution in [1.82, 2.24) is 0 Å². The van der Waals surface area contributed by atoms with E-state index in [0.29, 0.717) is 34.4 Å². The summed E-state index contributed by atoms with van der Waals surface area (Å²) >= 11 is 12.3. The Kier molecular flexibility index (Phi) is 5.35. The fourth-order valence-corrected chi connectivity index (χ4v) is 3.65. The molecule has 146 valence electrons. The van der Waals surface area contributed by atoms with Gasteiger partial charge in [-0.2, -0.15) is 0 Å². The molecule has 0 saturated carbocycles. The van der Waals surface area contributed by atoms with Gasteiger partial charge >= 0.3 is 5.97 Å². The Labute approximate surface area is 176 Å². The average molecular weight is 429 g/mol. The Morgan fingerprint density at radius 3 is 2.45 bits per heavy atom. The molecule has 0 fully saturated rings. The van der Waals surface area contributed by atoms with Crippen molar-refractivity contribution in [2.24, 2.45) is 15.9 Å². The highest BCUT2D eigenvalue weighted by Gasteiger charge is 2.26. The van der Waals surface area contributed by atoms with Crippen molar-refractivity contribution in [3.8, 4) is 0 Å². The first-order valence-electron chi connectivity index (χ1n) is 8.90. The van der Waals surface area contributed by atoms with E-state index in [1.54, 1.807) is 24.3 Å². The number of dihydropyridines is 1. The summed E-state index contributed by atoms with van der Waals surface area (Å²) < 4.78 is 13.4. The first-order valence-corrected chi connectivity index (χ1v) is 9.66. The molecule has 0 bridgehead atoms. The van der Waals surface area contributed by atoms with Crippen LogP contribution in [0.4, 0.5) is 4.39 Å². The molecule has 0 aromatic heterocycles. The number of carboxylic acids is 1. The van der Waals surface area contributed by atoms with Crippen molar-refractivity contribution < 1.29 is 14.3 Å². The number of rotatable bonds is 3. The summed E-state index contributed by atoms with van der Waals surface area (Å²) in [5.74, 6) is -1.50. The van der Waals surface area contributed by atoms with E-state index in [1.165, 1.54) is 18.2 Å². The van der Waals surface area contributed by atoms with Gasteiger partial charge in [0.1, 0.15) is 11.5 Å². The zero-order chi connectivity index (χ0) is 20.5. The van der Waals surface area contributed by atoms with E-state index in [4.69, 9.17) is 28.2 Å². The number of aliphatic carboxylic acids is 1. The Bertz CT molecular complexity index is 1120. The average Bonchev–Trinajstić information content (AvgIpc) is 2.89. The normalized spacial score (nSPS) is 18.7. The molecule has 2 heterocycles. The number of nitrogens with zero attached hydrogens (tertiary/aromatic N) is 2. The first-order chi connectivity index (χ1) is 13.9. The number of hydrogen-bond donors (Lipinski definition) is 1. The topological polar surface area (TPSA) is 62.0 Å². The van der Waals surface area contributed by atoms with Crippen LogP contribution in [0.25, 0.3) is 5.57 Å². The zero-order valence-electron chi connectivity index (χ0n) is 15.1.